The van der Waals surface area contributed by atoms with Crippen molar-refractivity contribution in [2.75, 3.05) is 6.54 Å². The van der Waals surface area contributed by atoms with Crippen molar-refractivity contribution in [1.29, 1.82) is 0 Å². The molecule has 26 heavy (non-hydrogen) atoms. The topological polar surface area (TPSA) is 79.8 Å². The Balaban J connectivity index is 1.36. The summed E-state index contributed by atoms with van der Waals surface area (Å²) in [7, 11) is 0. The monoisotopic (exact) mass is 350 g/mol. The van der Waals surface area contributed by atoms with Crippen molar-refractivity contribution in [3.63, 3.8) is 0 Å². The largest absolute Gasteiger partial charge is 0.361 e. The molecule has 3 aromatic rings. The number of carbonyl (C=O) groups is 1. The summed E-state index contributed by atoms with van der Waals surface area (Å²) >= 11 is 0. The van der Waals surface area contributed by atoms with Gasteiger partial charge in [0.1, 0.15) is 0 Å². The van der Waals surface area contributed by atoms with Crippen LogP contribution in [-0.2, 0) is 6.54 Å². The highest BCUT2D eigenvalue weighted by atomic mass is 16.1. The third kappa shape index (κ3) is 3.40. The van der Waals surface area contributed by atoms with E-state index >= 15 is 0 Å². The average Bonchev–Trinajstić information content (AvgIpc) is 3.34. The van der Waals surface area contributed by atoms with E-state index in [9.17, 15) is 9.59 Å². The molecule has 4 rings (SSSR count). The minimum Gasteiger partial charge on any atom is -0.361 e. The molecular weight excluding hydrogens is 328 g/mol. The van der Waals surface area contributed by atoms with E-state index in [1.54, 1.807) is 23.0 Å². The van der Waals surface area contributed by atoms with E-state index in [0.29, 0.717) is 24.6 Å². The van der Waals surface area contributed by atoms with Crippen LogP contribution in [0.2, 0.25) is 0 Å². The van der Waals surface area contributed by atoms with Crippen molar-refractivity contribution < 1.29 is 4.79 Å². The first-order valence-electron chi connectivity index (χ1n) is 9.12. The third-order valence-corrected chi connectivity index (χ3v) is 5.13. The van der Waals surface area contributed by atoms with Gasteiger partial charge in [-0.15, -0.1) is 0 Å². The maximum Gasteiger partial charge on any atom is 0.253 e. The Morgan fingerprint density at radius 3 is 2.88 bits per heavy atom. The summed E-state index contributed by atoms with van der Waals surface area (Å²) in [5.41, 5.74) is 2.39. The smallest absolute Gasteiger partial charge is 0.253 e. The summed E-state index contributed by atoms with van der Waals surface area (Å²) in [6.45, 7) is 0.791. The van der Waals surface area contributed by atoms with E-state index < -0.39 is 0 Å². The number of aromatic nitrogens is 3. The highest BCUT2D eigenvalue weighted by Gasteiger charge is 2.18. The highest BCUT2D eigenvalue weighted by molar-refractivity contribution is 5.97. The second-order valence-corrected chi connectivity index (χ2v) is 6.86. The van der Waals surface area contributed by atoms with E-state index in [0.717, 1.165) is 29.4 Å². The Morgan fingerprint density at radius 1 is 1.23 bits per heavy atom. The number of hydrogen-bond donors (Lipinski definition) is 2. The van der Waals surface area contributed by atoms with Crippen molar-refractivity contribution in [2.45, 2.75) is 38.1 Å². The zero-order valence-corrected chi connectivity index (χ0v) is 14.6. The number of rotatable bonds is 5. The van der Waals surface area contributed by atoms with E-state index in [1.165, 1.54) is 12.8 Å². The molecule has 1 fully saturated rings. The van der Waals surface area contributed by atoms with Crippen molar-refractivity contribution >= 4 is 16.8 Å². The molecule has 1 amide bonds. The van der Waals surface area contributed by atoms with E-state index in [4.69, 9.17) is 0 Å². The molecule has 2 N–H and O–H groups in total. The molecule has 0 atom stereocenters. The van der Waals surface area contributed by atoms with Crippen LogP contribution in [0.25, 0.3) is 10.9 Å². The lowest BCUT2D eigenvalue weighted by Crippen LogP contribution is -2.31. The molecule has 0 radical (unpaired) electrons. The minimum absolute atomic E-state index is 0.0519. The van der Waals surface area contributed by atoms with E-state index in [-0.39, 0.29) is 11.5 Å². The van der Waals surface area contributed by atoms with Gasteiger partial charge >= 0.3 is 0 Å². The maximum atomic E-state index is 12.3. The predicted octanol–water partition coefficient (Wildman–Crippen LogP) is 2.81. The number of H-pyrrole nitrogens is 1. The van der Waals surface area contributed by atoms with Gasteiger partial charge in [-0.25, -0.2) is 4.98 Å². The van der Waals surface area contributed by atoms with Crippen molar-refractivity contribution in [1.82, 2.24) is 19.9 Å². The van der Waals surface area contributed by atoms with Crippen LogP contribution < -0.4 is 10.9 Å². The summed E-state index contributed by atoms with van der Waals surface area (Å²) in [6, 6.07) is 9.16. The number of nitrogens with one attached hydrogen (secondary N) is 2. The van der Waals surface area contributed by atoms with Gasteiger partial charge in [-0.1, -0.05) is 18.9 Å². The van der Waals surface area contributed by atoms with Gasteiger partial charge in [0.2, 0.25) is 0 Å². The van der Waals surface area contributed by atoms with Crippen LogP contribution in [0, 0.1) is 0 Å². The quantitative estimate of drug-likeness (QED) is 0.742. The average molecular weight is 350 g/mol. The molecule has 1 saturated carbocycles. The van der Waals surface area contributed by atoms with E-state index in [2.05, 4.69) is 15.3 Å². The van der Waals surface area contributed by atoms with Gasteiger partial charge < -0.3 is 10.3 Å². The van der Waals surface area contributed by atoms with Crippen LogP contribution in [0.5, 0.6) is 0 Å². The number of hydrogen-bond acceptors (Lipinski definition) is 3. The predicted molar refractivity (Wildman–Crippen MR) is 100 cm³/mol. The van der Waals surface area contributed by atoms with Gasteiger partial charge in [-0.3, -0.25) is 14.2 Å². The standard InChI is InChI=1S/C20H22N4O2/c25-19-12-18(14-3-1-2-4-14)23-13-24(19)10-9-22-20(26)16-6-5-15-7-8-21-17(15)11-16/h5-8,11-14,21H,1-4,9-10H2,(H,22,26). The van der Waals surface area contributed by atoms with Crippen LogP contribution in [0.4, 0.5) is 0 Å². The van der Waals surface area contributed by atoms with Gasteiger partial charge in [0.25, 0.3) is 11.5 Å². The minimum atomic E-state index is -0.148. The summed E-state index contributed by atoms with van der Waals surface area (Å²) in [4.78, 5) is 32.1. The fourth-order valence-electron chi connectivity index (χ4n) is 3.63. The first-order chi connectivity index (χ1) is 12.7. The van der Waals surface area contributed by atoms with Gasteiger partial charge in [0, 0.05) is 42.4 Å². The fraction of sp³-hybridized carbons (Fsp3) is 0.350. The van der Waals surface area contributed by atoms with Gasteiger partial charge in [0.05, 0.1) is 12.0 Å². The lowest BCUT2D eigenvalue weighted by atomic mass is 10.0. The molecule has 1 aliphatic rings. The molecule has 0 unspecified atom stereocenters. The summed E-state index contributed by atoms with van der Waals surface area (Å²) in [5.74, 6) is 0.282. The van der Waals surface area contributed by atoms with Crippen LogP contribution in [-0.4, -0.2) is 27.0 Å². The lowest BCUT2D eigenvalue weighted by Gasteiger charge is -2.11. The fourth-order valence-corrected chi connectivity index (χ4v) is 3.63. The molecule has 2 aromatic heterocycles. The second-order valence-electron chi connectivity index (χ2n) is 6.86. The number of nitrogens with zero attached hydrogens (tertiary/aromatic N) is 2. The van der Waals surface area contributed by atoms with E-state index in [1.807, 2.05) is 24.4 Å². The summed E-state index contributed by atoms with van der Waals surface area (Å²) in [5, 5.41) is 3.93. The first-order valence-corrected chi connectivity index (χ1v) is 9.12. The lowest BCUT2D eigenvalue weighted by molar-refractivity contribution is 0.0952. The Morgan fingerprint density at radius 2 is 2.08 bits per heavy atom. The molecule has 1 aromatic carbocycles. The molecule has 0 spiro atoms. The van der Waals surface area contributed by atoms with Gasteiger partial charge in [-0.05, 0) is 36.4 Å². The molecule has 0 aliphatic heterocycles. The number of aromatic amines is 1. The molecule has 1 aliphatic carbocycles. The molecule has 0 bridgehead atoms. The Kier molecular flexibility index (Phi) is 4.56. The zero-order chi connectivity index (χ0) is 17.9. The zero-order valence-electron chi connectivity index (χ0n) is 14.6. The second kappa shape index (κ2) is 7.15. The number of amides is 1. The molecule has 6 heteroatoms. The Hall–Kier alpha value is -2.89. The molecule has 6 nitrogen and oxygen atoms in total. The number of carbonyl (C=O) groups excluding carboxylic acids is 1. The highest BCUT2D eigenvalue weighted by Crippen LogP contribution is 2.32. The first kappa shape index (κ1) is 16.6. The maximum absolute atomic E-state index is 12.3. The van der Waals surface area contributed by atoms with Crippen LogP contribution in [0.1, 0.15) is 47.7 Å². The third-order valence-electron chi connectivity index (χ3n) is 5.13. The number of fused-ring (bicyclic) bond motifs is 1. The molecular formula is C20H22N4O2. The molecule has 0 saturated heterocycles. The SMILES string of the molecule is O=C(NCCn1cnc(C2CCCC2)cc1=O)c1ccc2cc[nH]c2c1. The summed E-state index contributed by atoms with van der Waals surface area (Å²) in [6.07, 6.45) is 8.13. The van der Waals surface area contributed by atoms with Gasteiger partial charge in [-0.2, -0.15) is 0 Å². The van der Waals surface area contributed by atoms with Crippen molar-refractivity contribution in [2.24, 2.45) is 0 Å². The van der Waals surface area contributed by atoms with Crippen molar-refractivity contribution in [3.05, 3.63) is 64.5 Å². The van der Waals surface area contributed by atoms with Crippen LogP contribution >= 0.6 is 0 Å². The number of benzene rings is 1. The summed E-state index contributed by atoms with van der Waals surface area (Å²) < 4.78 is 1.55. The normalized spacial score (nSPS) is 14.8. The van der Waals surface area contributed by atoms with Gasteiger partial charge in [0.15, 0.2) is 0 Å². The van der Waals surface area contributed by atoms with Crippen LogP contribution in [0.15, 0.2) is 47.7 Å². The van der Waals surface area contributed by atoms with Crippen LogP contribution in [0.3, 0.4) is 0 Å². The Labute approximate surface area is 151 Å². The van der Waals surface area contributed by atoms with Crippen molar-refractivity contribution in [3.8, 4) is 0 Å². The molecule has 134 valence electrons. The Bertz CT molecular complexity index is 983. The molecule has 2 heterocycles.